The van der Waals surface area contributed by atoms with Crippen LogP contribution in [0.3, 0.4) is 0 Å². The number of nitrogens with one attached hydrogen (secondary N) is 1. The number of rotatable bonds is 7. The Balaban J connectivity index is 1.37. The highest BCUT2D eigenvalue weighted by Crippen LogP contribution is 2.22. The lowest BCUT2D eigenvalue weighted by Gasteiger charge is -2.26. The van der Waals surface area contributed by atoms with Crippen molar-refractivity contribution in [2.24, 2.45) is 0 Å². The molecule has 0 aliphatic carbocycles. The van der Waals surface area contributed by atoms with E-state index in [1.807, 2.05) is 42.5 Å². The molecule has 1 N–H and O–H groups in total. The zero-order valence-electron chi connectivity index (χ0n) is 17.9. The molecule has 0 unspecified atom stereocenters. The number of nitrogens with zero attached hydrogens (tertiary/aromatic N) is 1. The summed E-state index contributed by atoms with van der Waals surface area (Å²) in [5, 5.41) is 5.03. The van der Waals surface area contributed by atoms with Gasteiger partial charge in [0.15, 0.2) is 0 Å². The van der Waals surface area contributed by atoms with Gasteiger partial charge in [-0.25, -0.2) is 8.42 Å². The number of sulfonamides is 1. The number of aryl methyl sites for hydroxylation is 1. The first-order valence-electron chi connectivity index (χ1n) is 10.5. The Kier molecular flexibility index (Phi) is 6.74. The minimum absolute atomic E-state index is 0.113. The lowest BCUT2D eigenvalue weighted by atomic mass is 10.1. The SMILES string of the molecule is Cc1ccc(S(=O)(=O)N2CCOCC2)cc1C(=O)NCCOc1ccc2ccccc2c1. The molecular weight excluding hydrogens is 428 g/mol. The largest absolute Gasteiger partial charge is 0.492 e. The summed E-state index contributed by atoms with van der Waals surface area (Å²) in [5.41, 5.74) is 1.05. The molecular formula is C24H26N2O5S. The van der Waals surface area contributed by atoms with Crippen LogP contribution >= 0.6 is 0 Å². The van der Waals surface area contributed by atoms with Crippen molar-refractivity contribution in [3.63, 3.8) is 0 Å². The maximum atomic E-state index is 12.9. The van der Waals surface area contributed by atoms with Crippen molar-refractivity contribution in [2.45, 2.75) is 11.8 Å². The molecule has 0 spiro atoms. The zero-order valence-corrected chi connectivity index (χ0v) is 18.7. The van der Waals surface area contributed by atoms with Crippen LogP contribution < -0.4 is 10.1 Å². The van der Waals surface area contributed by atoms with Crippen LogP contribution in [0.25, 0.3) is 10.8 Å². The fourth-order valence-electron chi connectivity index (χ4n) is 3.63. The Morgan fingerprint density at radius 1 is 1.03 bits per heavy atom. The summed E-state index contributed by atoms with van der Waals surface area (Å²) in [4.78, 5) is 12.8. The van der Waals surface area contributed by atoms with E-state index in [0.717, 1.165) is 16.5 Å². The van der Waals surface area contributed by atoms with Gasteiger partial charge in [-0.15, -0.1) is 0 Å². The molecule has 1 heterocycles. The second-order valence-electron chi connectivity index (χ2n) is 7.61. The minimum atomic E-state index is -3.67. The van der Waals surface area contributed by atoms with Gasteiger partial charge in [0.05, 0.1) is 24.7 Å². The average molecular weight is 455 g/mol. The summed E-state index contributed by atoms with van der Waals surface area (Å²) in [6.07, 6.45) is 0. The van der Waals surface area contributed by atoms with E-state index in [2.05, 4.69) is 5.32 Å². The summed E-state index contributed by atoms with van der Waals surface area (Å²) < 4.78 is 38.2. The molecule has 0 radical (unpaired) electrons. The highest BCUT2D eigenvalue weighted by molar-refractivity contribution is 7.89. The summed E-state index contributed by atoms with van der Waals surface area (Å²) >= 11 is 0. The normalized spacial score (nSPS) is 14.9. The molecule has 32 heavy (non-hydrogen) atoms. The topological polar surface area (TPSA) is 84.9 Å². The molecule has 7 nitrogen and oxygen atoms in total. The van der Waals surface area contributed by atoms with Gasteiger partial charge in [-0.3, -0.25) is 4.79 Å². The average Bonchev–Trinajstić information content (AvgIpc) is 2.82. The number of benzene rings is 3. The lowest BCUT2D eigenvalue weighted by Crippen LogP contribution is -2.40. The smallest absolute Gasteiger partial charge is 0.251 e. The fraction of sp³-hybridized carbons (Fsp3) is 0.292. The zero-order chi connectivity index (χ0) is 22.6. The maximum absolute atomic E-state index is 12.9. The molecule has 8 heteroatoms. The van der Waals surface area contributed by atoms with Crippen molar-refractivity contribution in [3.8, 4) is 5.75 Å². The first-order chi connectivity index (χ1) is 15.4. The maximum Gasteiger partial charge on any atom is 0.251 e. The van der Waals surface area contributed by atoms with E-state index < -0.39 is 10.0 Å². The first-order valence-corrected chi connectivity index (χ1v) is 12.0. The number of hydrogen-bond donors (Lipinski definition) is 1. The highest BCUT2D eigenvalue weighted by Gasteiger charge is 2.27. The number of amides is 1. The number of hydrogen-bond acceptors (Lipinski definition) is 5. The van der Waals surface area contributed by atoms with Gasteiger partial charge in [-0.1, -0.05) is 36.4 Å². The van der Waals surface area contributed by atoms with Gasteiger partial charge in [0.1, 0.15) is 12.4 Å². The van der Waals surface area contributed by atoms with Gasteiger partial charge in [-0.05, 0) is 47.5 Å². The van der Waals surface area contributed by atoms with E-state index >= 15 is 0 Å². The standard InChI is InChI=1S/C24H26N2O5S/c1-18-6-9-22(32(28,29)26-11-14-30-15-12-26)17-23(18)24(27)25-10-13-31-21-8-7-19-4-2-3-5-20(19)16-21/h2-9,16-17H,10-15H2,1H3,(H,25,27). The third kappa shape index (κ3) is 4.93. The second kappa shape index (κ2) is 9.68. The van der Waals surface area contributed by atoms with Crippen LogP contribution in [0.4, 0.5) is 0 Å². The molecule has 0 aromatic heterocycles. The number of ether oxygens (including phenoxy) is 2. The molecule has 0 bridgehead atoms. The summed E-state index contributed by atoms with van der Waals surface area (Å²) in [7, 11) is -3.67. The molecule has 3 aromatic rings. The second-order valence-corrected chi connectivity index (χ2v) is 9.54. The molecule has 168 valence electrons. The molecule has 1 fully saturated rings. The van der Waals surface area contributed by atoms with Crippen LogP contribution in [0.1, 0.15) is 15.9 Å². The Hall–Kier alpha value is -2.94. The van der Waals surface area contributed by atoms with Crippen LogP contribution in [0.2, 0.25) is 0 Å². The molecule has 1 saturated heterocycles. The Morgan fingerprint density at radius 2 is 1.78 bits per heavy atom. The van der Waals surface area contributed by atoms with Crippen LogP contribution in [-0.2, 0) is 14.8 Å². The molecule has 0 saturated carbocycles. The quantitative estimate of drug-likeness (QED) is 0.555. The van der Waals surface area contributed by atoms with E-state index in [0.29, 0.717) is 50.6 Å². The summed E-state index contributed by atoms with van der Waals surface area (Å²) in [5.74, 6) is 0.399. The summed E-state index contributed by atoms with van der Waals surface area (Å²) in [6, 6.07) is 18.5. The molecule has 3 aromatic carbocycles. The van der Waals surface area contributed by atoms with Crippen LogP contribution in [-0.4, -0.2) is 58.1 Å². The Labute approximate surface area is 188 Å². The van der Waals surface area contributed by atoms with E-state index in [1.165, 1.54) is 10.4 Å². The van der Waals surface area contributed by atoms with Crippen LogP contribution in [0, 0.1) is 6.92 Å². The Bertz CT molecular complexity index is 1220. The van der Waals surface area contributed by atoms with Crippen LogP contribution in [0.15, 0.2) is 65.6 Å². The first kappa shape index (κ1) is 22.3. The third-order valence-corrected chi connectivity index (χ3v) is 7.33. The van der Waals surface area contributed by atoms with Crippen molar-refractivity contribution < 1.29 is 22.7 Å². The lowest BCUT2D eigenvalue weighted by molar-refractivity contribution is 0.0730. The highest BCUT2D eigenvalue weighted by atomic mass is 32.2. The van der Waals surface area contributed by atoms with E-state index in [9.17, 15) is 13.2 Å². The minimum Gasteiger partial charge on any atom is -0.492 e. The van der Waals surface area contributed by atoms with Crippen molar-refractivity contribution in [3.05, 3.63) is 71.8 Å². The predicted octanol–water partition coefficient (Wildman–Crippen LogP) is 2.98. The monoisotopic (exact) mass is 454 g/mol. The van der Waals surface area contributed by atoms with Gasteiger partial charge < -0.3 is 14.8 Å². The number of carbonyl (C=O) groups excluding carboxylic acids is 1. The third-order valence-electron chi connectivity index (χ3n) is 5.44. The van der Waals surface area contributed by atoms with Crippen molar-refractivity contribution in [1.82, 2.24) is 9.62 Å². The molecule has 0 atom stereocenters. The molecule has 1 aliphatic heterocycles. The molecule has 1 aliphatic rings. The predicted molar refractivity (Wildman–Crippen MR) is 123 cm³/mol. The van der Waals surface area contributed by atoms with Gasteiger partial charge in [-0.2, -0.15) is 4.31 Å². The fourth-order valence-corrected chi connectivity index (χ4v) is 5.06. The Morgan fingerprint density at radius 3 is 2.56 bits per heavy atom. The molecule has 1 amide bonds. The van der Waals surface area contributed by atoms with Crippen molar-refractivity contribution >= 4 is 26.7 Å². The van der Waals surface area contributed by atoms with Crippen LogP contribution in [0.5, 0.6) is 5.75 Å². The summed E-state index contributed by atoms with van der Waals surface area (Å²) in [6.45, 7) is 3.74. The van der Waals surface area contributed by atoms with Gasteiger partial charge in [0, 0.05) is 18.7 Å². The van der Waals surface area contributed by atoms with Gasteiger partial charge >= 0.3 is 0 Å². The number of carbonyl (C=O) groups is 1. The van der Waals surface area contributed by atoms with Crippen molar-refractivity contribution in [1.29, 1.82) is 0 Å². The van der Waals surface area contributed by atoms with Gasteiger partial charge in [0.25, 0.3) is 5.91 Å². The number of fused-ring (bicyclic) bond motifs is 1. The van der Waals surface area contributed by atoms with Gasteiger partial charge in [0.2, 0.25) is 10.0 Å². The molecule has 4 rings (SSSR count). The van der Waals surface area contributed by atoms with E-state index in [-0.39, 0.29) is 10.8 Å². The van der Waals surface area contributed by atoms with Crippen molar-refractivity contribution in [2.75, 3.05) is 39.5 Å². The van der Waals surface area contributed by atoms with E-state index in [1.54, 1.807) is 19.1 Å². The number of morpholine rings is 1. The van der Waals surface area contributed by atoms with E-state index in [4.69, 9.17) is 9.47 Å².